The van der Waals surface area contributed by atoms with Crippen LogP contribution in [0.5, 0.6) is 5.75 Å². The molecule has 0 bridgehead atoms. The zero-order valence-electron chi connectivity index (χ0n) is 11.4. The second kappa shape index (κ2) is 7.73. The minimum absolute atomic E-state index is 0.733. The Morgan fingerprint density at radius 1 is 1.32 bits per heavy atom. The molecule has 1 heterocycles. The van der Waals surface area contributed by atoms with Gasteiger partial charge in [-0.25, -0.2) is 0 Å². The van der Waals surface area contributed by atoms with Crippen molar-refractivity contribution in [1.29, 1.82) is 0 Å². The van der Waals surface area contributed by atoms with Crippen LogP contribution in [0.2, 0.25) is 5.02 Å². The molecule has 3 nitrogen and oxygen atoms in total. The van der Waals surface area contributed by atoms with Gasteiger partial charge in [-0.3, -0.25) is 4.90 Å². The monoisotopic (exact) mass is 282 g/mol. The van der Waals surface area contributed by atoms with Crippen molar-refractivity contribution in [2.75, 3.05) is 32.8 Å². The Morgan fingerprint density at radius 2 is 2.11 bits per heavy atom. The van der Waals surface area contributed by atoms with Crippen LogP contribution >= 0.6 is 11.6 Å². The highest BCUT2D eigenvalue weighted by molar-refractivity contribution is 6.30. The van der Waals surface area contributed by atoms with E-state index in [1.54, 1.807) is 0 Å². The summed E-state index contributed by atoms with van der Waals surface area (Å²) in [6.45, 7) is 4.88. The van der Waals surface area contributed by atoms with Crippen LogP contribution in [-0.4, -0.2) is 37.7 Å². The van der Waals surface area contributed by atoms with Crippen LogP contribution in [0.4, 0.5) is 0 Å². The summed E-state index contributed by atoms with van der Waals surface area (Å²) in [5, 5.41) is 0.744. The highest BCUT2D eigenvalue weighted by Crippen LogP contribution is 2.19. The molecule has 0 aromatic heterocycles. The summed E-state index contributed by atoms with van der Waals surface area (Å²) in [6, 6.07) is 7.54. The Hall–Kier alpha value is -0.770. The first-order valence-electron chi connectivity index (χ1n) is 7.08. The highest BCUT2D eigenvalue weighted by Gasteiger charge is 2.18. The topological polar surface area (TPSA) is 38.5 Å². The Kier molecular flexibility index (Phi) is 5.95. The number of likely N-dealkylation sites (tertiary alicyclic amines) is 1. The largest absolute Gasteiger partial charge is 0.492 e. The van der Waals surface area contributed by atoms with Crippen molar-refractivity contribution in [1.82, 2.24) is 4.90 Å². The van der Waals surface area contributed by atoms with Crippen molar-refractivity contribution in [2.45, 2.75) is 19.3 Å². The molecule has 1 aromatic rings. The van der Waals surface area contributed by atoms with Gasteiger partial charge < -0.3 is 10.5 Å². The van der Waals surface area contributed by atoms with Gasteiger partial charge in [-0.1, -0.05) is 11.6 Å². The second-order valence-electron chi connectivity index (χ2n) is 5.19. The smallest absolute Gasteiger partial charge is 0.119 e. The molecular formula is C15H23ClN2O. The molecule has 2 N–H and O–H groups in total. The van der Waals surface area contributed by atoms with Gasteiger partial charge in [-0.05, 0) is 62.5 Å². The van der Waals surface area contributed by atoms with E-state index in [2.05, 4.69) is 4.90 Å². The van der Waals surface area contributed by atoms with Gasteiger partial charge in [0.2, 0.25) is 0 Å². The SMILES string of the molecule is NCCC1CCCN(CCOc2ccc(Cl)cc2)C1. The lowest BCUT2D eigenvalue weighted by molar-refractivity contribution is 0.144. The number of ether oxygens (including phenoxy) is 1. The molecule has 1 aromatic carbocycles. The highest BCUT2D eigenvalue weighted by atomic mass is 35.5. The van der Waals surface area contributed by atoms with E-state index in [-0.39, 0.29) is 0 Å². The molecule has 2 rings (SSSR count). The number of halogens is 1. The molecule has 19 heavy (non-hydrogen) atoms. The minimum Gasteiger partial charge on any atom is -0.492 e. The fourth-order valence-corrected chi connectivity index (χ4v) is 2.78. The number of nitrogens with zero attached hydrogens (tertiary/aromatic N) is 1. The summed E-state index contributed by atoms with van der Waals surface area (Å²) in [5.74, 6) is 1.66. The fraction of sp³-hybridized carbons (Fsp3) is 0.600. The van der Waals surface area contributed by atoms with Crippen molar-refractivity contribution in [3.8, 4) is 5.75 Å². The predicted octanol–water partition coefficient (Wildman–Crippen LogP) is 2.78. The molecule has 4 heteroatoms. The maximum atomic E-state index is 5.84. The number of hydrogen-bond acceptors (Lipinski definition) is 3. The van der Waals surface area contributed by atoms with E-state index in [0.717, 1.165) is 42.8 Å². The third-order valence-corrected chi connectivity index (χ3v) is 3.92. The molecule has 106 valence electrons. The van der Waals surface area contributed by atoms with Crippen LogP contribution in [-0.2, 0) is 0 Å². The maximum absolute atomic E-state index is 5.84. The summed E-state index contributed by atoms with van der Waals surface area (Å²) in [7, 11) is 0. The summed E-state index contributed by atoms with van der Waals surface area (Å²) in [6.07, 6.45) is 3.76. The van der Waals surface area contributed by atoms with E-state index < -0.39 is 0 Å². The third-order valence-electron chi connectivity index (χ3n) is 3.67. The molecule has 1 saturated heterocycles. The van der Waals surface area contributed by atoms with Crippen LogP contribution in [0, 0.1) is 5.92 Å². The van der Waals surface area contributed by atoms with Crippen LogP contribution < -0.4 is 10.5 Å². The quantitative estimate of drug-likeness (QED) is 0.872. The van der Waals surface area contributed by atoms with Crippen molar-refractivity contribution in [3.63, 3.8) is 0 Å². The van der Waals surface area contributed by atoms with Gasteiger partial charge in [-0.2, -0.15) is 0 Å². The molecule has 1 aliphatic heterocycles. The lowest BCUT2D eigenvalue weighted by Gasteiger charge is -2.32. The molecule has 1 aliphatic rings. The van der Waals surface area contributed by atoms with Gasteiger partial charge in [0, 0.05) is 18.1 Å². The molecule has 0 saturated carbocycles. The third kappa shape index (κ3) is 5.01. The van der Waals surface area contributed by atoms with Crippen molar-refractivity contribution in [3.05, 3.63) is 29.3 Å². The van der Waals surface area contributed by atoms with Gasteiger partial charge in [-0.15, -0.1) is 0 Å². The van der Waals surface area contributed by atoms with E-state index in [4.69, 9.17) is 22.1 Å². The van der Waals surface area contributed by atoms with Crippen molar-refractivity contribution < 1.29 is 4.74 Å². The summed E-state index contributed by atoms with van der Waals surface area (Å²) in [4.78, 5) is 2.49. The number of benzene rings is 1. The summed E-state index contributed by atoms with van der Waals surface area (Å²) >= 11 is 5.84. The minimum atomic E-state index is 0.733. The van der Waals surface area contributed by atoms with E-state index in [1.165, 1.54) is 25.9 Å². The first kappa shape index (κ1) is 14.6. The molecule has 0 spiro atoms. The lowest BCUT2D eigenvalue weighted by atomic mass is 9.95. The zero-order chi connectivity index (χ0) is 13.5. The van der Waals surface area contributed by atoms with Crippen LogP contribution in [0.1, 0.15) is 19.3 Å². The van der Waals surface area contributed by atoms with Crippen LogP contribution in [0.3, 0.4) is 0 Å². The van der Waals surface area contributed by atoms with E-state index in [9.17, 15) is 0 Å². The summed E-state index contributed by atoms with van der Waals surface area (Å²) in [5.41, 5.74) is 5.64. The first-order valence-corrected chi connectivity index (χ1v) is 7.46. The molecule has 0 amide bonds. The average Bonchev–Trinajstić information content (AvgIpc) is 2.42. The standard InChI is InChI=1S/C15H23ClN2O/c16-14-3-5-15(6-4-14)19-11-10-18-9-1-2-13(12-18)7-8-17/h3-6,13H,1-2,7-12,17H2. The Labute approximate surface area is 120 Å². The van der Waals surface area contributed by atoms with E-state index in [1.807, 2.05) is 24.3 Å². The fourth-order valence-electron chi connectivity index (χ4n) is 2.65. The molecule has 0 aliphatic carbocycles. The second-order valence-corrected chi connectivity index (χ2v) is 5.63. The molecule has 1 atom stereocenters. The van der Waals surface area contributed by atoms with Crippen LogP contribution in [0.15, 0.2) is 24.3 Å². The van der Waals surface area contributed by atoms with Gasteiger partial charge in [0.1, 0.15) is 12.4 Å². The molecular weight excluding hydrogens is 260 g/mol. The number of nitrogens with two attached hydrogens (primary N) is 1. The maximum Gasteiger partial charge on any atom is 0.119 e. The van der Waals surface area contributed by atoms with Crippen molar-refractivity contribution in [2.24, 2.45) is 11.7 Å². The summed E-state index contributed by atoms with van der Waals surface area (Å²) < 4.78 is 5.73. The van der Waals surface area contributed by atoms with E-state index >= 15 is 0 Å². The molecule has 1 unspecified atom stereocenters. The Morgan fingerprint density at radius 3 is 2.84 bits per heavy atom. The van der Waals surface area contributed by atoms with Gasteiger partial charge in [0.05, 0.1) is 0 Å². The number of piperidine rings is 1. The lowest BCUT2D eigenvalue weighted by Crippen LogP contribution is -2.38. The zero-order valence-corrected chi connectivity index (χ0v) is 12.1. The average molecular weight is 283 g/mol. The first-order chi connectivity index (χ1) is 9.28. The van der Waals surface area contributed by atoms with Gasteiger partial charge >= 0.3 is 0 Å². The number of rotatable bonds is 6. The van der Waals surface area contributed by atoms with Gasteiger partial charge in [0.15, 0.2) is 0 Å². The Bertz CT molecular complexity index is 367. The number of hydrogen-bond donors (Lipinski definition) is 1. The van der Waals surface area contributed by atoms with Gasteiger partial charge in [0.25, 0.3) is 0 Å². The van der Waals surface area contributed by atoms with Crippen LogP contribution in [0.25, 0.3) is 0 Å². The predicted molar refractivity (Wildman–Crippen MR) is 79.8 cm³/mol. The molecule has 1 fully saturated rings. The van der Waals surface area contributed by atoms with Crippen molar-refractivity contribution >= 4 is 11.6 Å². The Balaban J connectivity index is 1.69. The molecule has 0 radical (unpaired) electrons. The normalized spacial score (nSPS) is 20.4. The van der Waals surface area contributed by atoms with E-state index in [0.29, 0.717) is 0 Å².